The first-order valence-corrected chi connectivity index (χ1v) is 6.98. The van der Waals surface area contributed by atoms with Crippen molar-refractivity contribution in [2.75, 3.05) is 46.8 Å². The Bertz CT molecular complexity index is 626. The molecule has 1 N–H and O–H groups in total. The fourth-order valence-corrected chi connectivity index (χ4v) is 2.33. The van der Waals surface area contributed by atoms with Crippen LogP contribution >= 0.6 is 0 Å². The smallest absolute Gasteiger partial charge is 0.148 e. The molecule has 114 valence electrons. The largest absolute Gasteiger partial charge is 0.497 e. The van der Waals surface area contributed by atoms with Crippen molar-refractivity contribution in [2.24, 2.45) is 0 Å². The minimum Gasteiger partial charge on any atom is -0.497 e. The molecule has 0 radical (unpaired) electrons. The average Bonchev–Trinajstić information content (AvgIpc) is 2.50. The zero-order chi connectivity index (χ0) is 15.4. The Morgan fingerprint density at radius 3 is 2.48 bits per heavy atom. The summed E-state index contributed by atoms with van der Waals surface area (Å²) in [5, 5.41) is 4.19. The van der Waals surface area contributed by atoms with Gasteiger partial charge in [-0.2, -0.15) is 0 Å². The number of nitrogens with zero attached hydrogens (tertiary/aromatic N) is 2. The highest BCUT2D eigenvalue weighted by Gasteiger charge is 2.13. The van der Waals surface area contributed by atoms with Crippen molar-refractivity contribution in [3.05, 3.63) is 23.9 Å². The molecule has 0 spiro atoms. The van der Waals surface area contributed by atoms with Crippen LogP contribution in [0, 0.1) is 0 Å². The van der Waals surface area contributed by atoms with E-state index in [1.165, 1.54) is 0 Å². The Labute approximate surface area is 125 Å². The number of ether oxygens (including phenoxy) is 2. The van der Waals surface area contributed by atoms with E-state index < -0.39 is 0 Å². The monoisotopic (exact) mass is 289 g/mol. The maximum atomic E-state index is 5.49. The molecule has 0 saturated heterocycles. The predicted molar refractivity (Wildman–Crippen MR) is 86.8 cm³/mol. The average molecular weight is 289 g/mol. The van der Waals surface area contributed by atoms with Crippen LogP contribution in [-0.4, -0.2) is 46.9 Å². The van der Waals surface area contributed by atoms with E-state index in [2.05, 4.69) is 16.3 Å². The van der Waals surface area contributed by atoms with E-state index in [1.54, 1.807) is 14.2 Å². The van der Waals surface area contributed by atoms with E-state index >= 15 is 0 Å². The molecule has 21 heavy (non-hydrogen) atoms. The van der Waals surface area contributed by atoms with Crippen LogP contribution in [0.4, 0.5) is 5.69 Å². The SMILES string of the molecule is CNCCc1cc(N(C)C)c2cc(OC)cc(OC)c2n1. The maximum absolute atomic E-state index is 5.49. The van der Waals surface area contributed by atoms with Crippen LogP contribution in [0.1, 0.15) is 5.69 Å². The molecule has 0 unspecified atom stereocenters. The minimum atomic E-state index is 0.735. The number of likely N-dealkylation sites (N-methyl/N-ethyl adjacent to an activating group) is 1. The lowest BCUT2D eigenvalue weighted by molar-refractivity contribution is 0.397. The lowest BCUT2D eigenvalue weighted by Crippen LogP contribution is -2.14. The molecular weight excluding hydrogens is 266 g/mol. The Balaban J connectivity index is 2.68. The first-order chi connectivity index (χ1) is 10.1. The molecule has 5 heteroatoms. The van der Waals surface area contributed by atoms with Crippen molar-refractivity contribution in [1.82, 2.24) is 10.3 Å². The first-order valence-electron chi connectivity index (χ1n) is 6.98. The summed E-state index contributed by atoms with van der Waals surface area (Å²) in [5.74, 6) is 1.51. The number of nitrogens with one attached hydrogen (secondary N) is 1. The second kappa shape index (κ2) is 6.63. The summed E-state index contributed by atoms with van der Waals surface area (Å²) in [7, 11) is 9.32. The van der Waals surface area contributed by atoms with Crippen molar-refractivity contribution >= 4 is 16.6 Å². The van der Waals surface area contributed by atoms with E-state index in [-0.39, 0.29) is 0 Å². The quantitative estimate of drug-likeness (QED) is 0.882. The summed E-state index contributed by atoms with van der Waals surface area (Å²) in [6.45, 7) is 0.893. The molecule has 2 rings (SSSR count). The fraction of sp³-hybridized carbons (Fsp3) is 0.438. The highest BCUT2D eigenvalue weighted by molar-refractivity contribution is 5.96. The predicted octanol–water partition coefficient (Wildman–Crippen LogP) is 2.08. The van der Waals surface area contributed by atoms with Gasteiger partial charge in [-0.15, -0.1) is 0 Å². The van der Waals surface area contributed by atoms with Crippen LogP contribution in [0.25, 0.3) is 10.9 Å². The highest BCUT2D eigenvalue weighted by Crippen LogP contribution is 2.35. The number of pyridine rings is 1. The van der Waals surface area contributed by atoms with Crippen LogP contribution in [-0.2, 0) is 6.42 Å². The van der Waals surface area contributed by atoms with Crippen molar-refractivity contribution < 1.29 is 9.47 Å². The van der Waals surface area contributed by atoms with Gasteiger partial charge in [-0.1, -0.05) is 0 Å². The van der Waals surface area contributed by atoms with Gasteiger partial charge in [0.15, 0.2) is 0 Å². The van der Waals surface area contributed by atoms with E-state index in [0.717, 1.165) is 46.7 Å². The summed E-state index contributed by atoms with van der Waals surface area (Å²) < 4.78 is 10.8. The van der Waals surface area contributed by atoms with Gasteiger partial charge >= 0.3 is 0 Å². The van der Waals surface area contributed by atoms with Gasteiger partial charge in [0.25, 0.3) is 0 Å². The number of rotatable bonds is 6. The van der Waals surface area contributed by atoms with Gasteiger partial charge in [-0.3, -0.25) is 0 Å². The van der Waals surface area contributed by atoms with Gasteiger partial charge in [0.05, 0.1) is 14.2 Å². The Morgan fingerprint density at radius 2 is 1.90 bits per heavy atom. The third-order valence-electron chi connectivity index (χ3n) is 3.45. The Kier molecular flexibility index (Phi) is 4.85. The van der Waals surface area contributed by atoms with E-state index in [1.807, 2.05) is 33.3 Å². The number of methoxy groups -OCH3 is 2. The van der Waals surface area contributed by atoms with Crippen molar-refractivity contribution in [3.63, 3.8) is 0 Å². The number of hydrogen-bond donors (Lipinski definition) is 1. The number of fused-ring (bicyclic) bond motifs is 1. The number of aromatic nitrogens is 1. The van der Waals surface area contributed by atoms with Crippen molar-refractivity contribution in [1.29, 1.82) is 0 Å². The zero-order valence-corrected chi connectivity index (χ0v) is 13.4. The molecule has 2 aromatic rings. The van der Waals surface area contributed by atoms with Crippen LogP contribution in [0.5, 0.6) is 11.5 Å². The number of benzene rings is 1. The lowest BCUT2D eigenvalue weighted by Gasteiger charge is -2.18. The highest BCUT2D eigenvalue weighted by atomic mass is 16.5. The van der Waals surface area contributed by atoms with Gasteiger partial charge in [-0.25, -0.2) is 4.98 Å². The molecule has 0 saturated carbocycles. The normalized spacial score (nSPS) is 10.7. The molecule has 0 amide bonds. The van der Waals surface area contributed by atoms with E-state index in [9.17, 15) is 0 Å². The Hall–Kier alpha value is -2.01. The molecular formula is C16H23N3O2. The summed E-state index contributed by atoms with van der Waals surface area (Å²) in [5.41, 5.74) is 3.03. The minimum absolute atomic E-state index is 0.735. The second-order valence-corrected chi connectivity index (χ2v) is 5.11. The Morgan fingerprint density at radius 1 is 1.14 bits per heavy atom. The molecule has 0 aliphatic heterocycles. The summed E-state index contributed by atoms with van der Waals surface area (Å²) >= 11 is 0. The zero-order valence-electron chi connectivity index (χ0n) is 13.4. The third kappa shape index (κ3) is 3.19. The third-order valence-corrected chi connectivity index (χ3v) is 3.45. The summed E-state index contributed by atoms with van der Waals surface area (Å²) in [6.07, 6.45) is 0.877. The van der Waals surface area contributed by atoms with Gasteiger partial charge < -0.3 is 19.7 Å². The van der Waals surface area contributed by atoms with Gasteiger partial charge in [0.2, 0.25) is 0 Å². The number of anilines is 1. The van der Waals surface area contributed by atoms with Gasteiger partial charge in [-0.05, 0) is 19.2 Å². The van der Waals surface area contributed by atoms with Crippen molar-refractivity contribution in [3.8, 4) is 11.5 Å². The van der Waals surface area contributed by atoms with Crippen molar-refractivity contribution in [2.45, 2.75) is 6.42 Å². The van der Waals surface area contributed by atoms with Gasteiger partial charge in [0.1, 0.15) is 17.0 Å². The molecule has 0 aliphatic rings. The maximum Gasteiger partial charge on any atom is 0.148 e. The van der Waals surface area contributed by atoms with E-state index in [4.69, 9.17) is 14.5 Å². The molecule has 1 aromatic carbocycles. The molecule has 0 atom stereocenters. The second-order valence-electron chi connectivity index (χ2n) is 5.11. The molecule has 1 heterocycles. The van der Waals surface area contributed by atoms with Crippen LogP contribution in [0.2, 0.25) is 0 Å². The van der Waals surface area contributed by atoms with Crippen LogP contribution in [0.15, 0.2) is 18.2 Å². The summed E-state index contributed by atoms with van der Waals surface area (Å²) in [6, 6.07) is 6.00. The van der Waals surface area contributed by atoms with Crippen LogP contribution in [0.3, 0.4) is 0 Å². The number of hydrogen-bond acceptors (Lipinski definition) is 5. The molecule has 0 fully saturated rings. The molecule has 0 aliphatic carbocycles. The van der Waals surface area contributed by atoms with E-state index in [0.29, 0.717) is 0 Å². The van der Waals surface area contributed by atoms with Gasteiger partial charge in [0, 0.05) is 49.9 Å². The van der Waals surface area contributed by atoms with Crippen LogP contribution < -0.4 is 19.7 Å². The molecule has 0 bridgehead atoms. The standard InChI is InChI=1S/C16H23N3O2/c1-17-7-6-11-8-14(19(2)3)13-9-12(20-4)10-15(21-5)16(13)18-11/h8-10,17H,6-7H2,1-5H3. The fourth-order valence-electron chi connectivity index (χ4n) is 2.33. The lowest BCUT2D eigenvalue weighted by atomic mass is 10.1. The summed E-state index contributed by atoms with van der Waals surface area (Å²) in [4.78, 5) is 6.84. The molecule has 5 nitrogen and oxygen atoms in total. The topological polar surface area (TPSA) is 46.6 Å². The molecule has 1 aromatic heterocycles. The first kappa shape index (κ1) is 15.4.